The summed E-state index contributed by atoms with van der Waals surface area (Å²) in [5.41, 5.74) is -1.44. The number of carbonyl (C=O) groups excluding carboxylic acids is 1. The van der Waals surface area contributed by atoms with Crippen molar-refractivity contribution in [2.24, 2.45) is 0 Å². The summed E-state index contributed by atoms with van der Waals surface area (Å²) in [6.45, 7) is -0.211. The van der Waals surface area contributed by atoms with Gasteiger partial charge in [0.2, 0.25) is 0 Å². The third-order valence-corrected chi connectivity index (χ3v) is 5.06. The van der Waals surface area contributed by atoms with Gasteiger partial charge in [-0.15, -0.1) is 0 Å². The van der Waals surface area contributed by atoms with Gasteiger partial charge in [-0.1, -0.05) is 35.9 Å². The van der Waals surface area contributed by atoms with E-state index in [1.807, 2.05) is 0 Å². The SMILES string of the molecule is O=C1C(=Cc2ccc(SC(F)(F)F)cc2)Cc2c1ccc(CO)c2Cl. The first-order valence-corrected chi connectivity index (χ1v) is 8.50. The fourth-order valence-electron chi connectivity index (χ4n) is 2.70. The van der Waals surface area contributed by atoms with Crippen LogP contribution in [-0.2, 0) is 13.0 Å². The number of hydrogen-bond acceptors (Lipinski definition) is 3. The number of hydrogen-bond donors (Lipinski definition) is 1. The molecule has 0 saturated heterocycles. The second kappa shape index (κ2) is 6.86. The quantitative estimate of drug-likeness (QED) is 0.579. The molecule has 3 rings (SSSR count). The van der Waals surface area contributed by atoms with Crippen molar-refractivity contribution in [3.05, 3.63) is 69.2 Å². The van der Waals surface area contributed by atoms with E-state index in [1.165, 1.54) is 24.3 Å². The summed E-state index contributed by atoms with van der Waals surface area (Å²) in [5.74, 6) is -0.157. The first-order chi connectivity index (χ1) is 11.8. The number of ketones is 1. The van der Waals surface area contributed by atoms with Gasteiger partial charge in [-0.25, -0.2) is 0 Å². The highest BCUT2D eigenvalue weighted by atomic mass is 35.5. The van der Waals surface area contributed by atoms with Crippen molar-refractivity contribution in [3.63, 3.8) is 0 Å². The normalized spacial score (nSPS) is 15.7. The predicted octanol–water partition coefficient (Wildman–Crippen LogP) is 5.27. The molecule has 25 heavy (non-hydrogen) atoms. The highest BCUT2D eigenvalue weighted by Crippen LogP contribution is 2.37. The Morgan fingerprint density at radius 1 is 1.16 bits per heavy atom. The van der Waals surface area contributed by atoms with E-state index >= 15 is 0 Å². The van der Waals surface area contributed by atoms with Gasteiger partial charge >= 0.3 is 5.51 Å². The van der Waals surface area contributed by atoms with Crippen LogP contribution >= 0.6 is 23.4 Å². The zero-order valence-electron chi connectivity index (χ0n) is 12.7. The number of Topliss-reactive ketones (excluding diaryl/α,β-unsaturated/α-hetero) is 1. The third-order valence-electron chi connectivity index (χ3n) is 3.85. The van der Waals surface area contributed by atoms with Crippen LogP contribution in [0.5, 0.6) is 0 Å². The number of alkyl halides is 3. The number of carbonyl (C=O) groups is 1. The lowest BCUT2D eigenvalue weighted by Gasteiger charge is -2.05. The summed E-state index contributed by atoms with van der Waals surface area (Å²) in [5, 5.41) is 9.64. The van der Waals surface area contributed by atoms with Crippen molar-refractivity contribution in [2.75, 3.05) is 0 Å². The zero-order chi connectivity index (χ0) is 18.2. The van der Waals surface area contributed by atoms with Gasteiger partial charge in [-0.2, -0.15) is 13.2 Å². The number of aliphatic hydroxyl groups is 1. The highest BCUT2D eigenvalue weighted by Gasteiger charge is 2.29. The van der Waals surface area contributed by atoms with E-state index in [0.717, 1.165) is 0 Å². The van der Waals surface area contributed by atoms with Crippen molar-refractivity contribution in [2.45, 2.75) is 23.4 Å². The van der Waals surface area contributed by atoms with E-state index in [2.05, 4.69) is 0 Å². The minimum absolute atomic E-state index is 0.0892. The Bertz CT molecular complexity index is 858. The van der Waals surface area contributed by atoms with Gasteiger partial charge in [0.15, 0.2) is 5.78 Å². The molecule has 0 aromatic heterocycles. The van der Waals surface area contributed by atoms with Crippen molar-refractivity contribution in [1.29, 1.82) is 0 Å². The van der Waals surface area contributed by atoms with Crippen LogP contribution in [0.4, 0.5) is 13.2 Å². The first-order valence-electron chi connectivity index (χ1n) is 7.30. The van der Waals surface area contributed by atoms with Gasteiger partial charge in [0.05, 0.1) is 11.6 Å². The summed E-state index contributed by atoms with van der Waals surface area (Å²) in [6.07, 6.45) is 1.99. The van der Waals surface area contributed by atoms with Crippen LogP contribution in [0.2, 0.25) is 5.02 Å². The van der Waals surface area contributed by atoms with E-state index in [0.29, 0.717) is 39.3 Å². The molecule has 0 unspecified atom stereocenters. The topological polar surface area (TPSA) is 37.3 Å². The van der Waals surface area contributed by atoms with E-state index in [9.17, 15) is 23.1 Å². The smallest absolute Gasteiger partial charge is 0.392 e. The van der Waals surface area contributed by atoms with Crippen molar-refractivity contribution >= 4 is 35.2 Å². The van der Waals surface area contributed by atoms with E-state index in [4.69, 9.17) is 11.6 Å². The summed E-state index contributed by atoms with van der Waals surface area (Å²) in [6, 6.07) is 9.07. The number of allylic oxidation sites excluding steroid dienone is 1. The monoisotopic (exact) mass is 384 g/mol. The van der Waals surface area contributed by atoms with Gasteiger partial charge in [0.1, 0.15) is 0 Å². The number of benzene rings is 2. The molecule has 0 heterocycles. The highest BCUT2D eigenvalue weighted by molar-refractivity contribution is 8.00. The lowest BCUT2D eigenvalue weighted by Crippen LogP contribution is -1.98. The summed E-state index contributed by atoms with van der Waals surface area (Å²) < 4.78 is 37.0. The number of thioether (sulfide) groups is 1. The molecular weight excluding hydrogens is 373 g/mol. The average molecular weight is 385 g/mol. The molecule has 0 amide bonds. The molecule has 1 aliphatic rings. The maximum atomic E-state index is 12.5. The van der Waals surface area contributed by atoms with Crippen molar-refractivity contribution < 1.29 is 23.1 Å². The Hall–Kier alpha value is -1.76. The van der Waals surface area contributed by atoms with Crippen LogP contribution in [0.1, 0.15) is 27.0 Å². The maximum absolute atomic E-state index is 12.5. The molecule has 1 aliphatic carbocycles. The minimum atomic E-state index is -4.33. The molecule has 0 fully saturated rings. The molecule has 2 aromatic rings. The summed E-state index contributed by atoms with van der Waals surface area (Å²) in [7, 11) is 0. The molecule has 0 radical (unpaired) electrons. The molecule has 2 aromatic carbocycles. The van der Waals surface area contributed by atoms with Crippen LogP contribution in [0.25, 0.3) is 6.08 Å². The van der Waals surface area contributed by atoms with Crippen LogP contribution in [0.15, 0.2) is 46.9 Å². The fourth-order valence-corrected chi connectivity index (χ4v) is 3.54. The molecule has 1 N–H and O–H groups in total. The Morgan fingerprint density at radius 2 is 1.84 bits per heavy atom. The minimum Gasteiger partial charge on any atom is -0.392 e. The van der Waals surface area contributed by atoms with Crippen molar-refractivity contribution in [1.82, 2.24) is 0 Å². The van der Waals surface area contributed by atoms with E-state index in [1.54, 1.807) is 18.2 Å². The summed E-state index contributed by atoms with van der Waals surface area (Å²) in [4.78, 5) is 12.6. The fraction of sp³-hybridized carbons (Fsp3) is 0.167. The van der Waals surface area contributed by atoms with E-state index < -0.39 is 5.51 Å². The molecule has 0 aliphatic heterocycles. The number of halogens is 4. The molecule has 7 heteroatoms. The lowest BCUT2D eigenvalue weighted by atomic mass is 10.1. The van der Waals surface area contributed by atoms with Crippen LogP contribution in [-0.4, -0.2) is 16.4 Å². The number of aliphatic hydroxyl groups excluding tert-OH is 1. The van der Waals surface area contributed by atoms with Gasteiger partial charge in [-0.05, 0) is 46.7 Å². The zero-order valence-corrected chi connectivity index (χ0v) is 14.3. The molecule has 0 saturated carbocycles. The molecule has 2 nitrogen and oxygen atoms in total. The average Bonchev–Trinajstić information content (AvgIpc) is 2.86. The molecule has 130 valence electrons. The van der Waals surface area contributed by atoms with Gasteiger partial charge in [0.25, 0.3) is 0 Å². The number of fused-ring (bicyclic) bond motifs is 1. The van der Waals surface area contributed by atoms with Crippen LogP contribution in [0.3, 0.4) is 0 Å². The Labute approximate surface area is 151 Å². The Kier molecular flexibility index (Phi) is 4.95. The standard InChI is InChI=1S/C18H12ClF3O2S/c19-16-11(9-23)3-6-14-15(16)8-12(17(14)24)7-10-1-4-13(5-2-10)25-18(20,21)22/h1-7,23H,8-9H2. The first kappa shape index (κ1) is 18.0. The summed E-state index contributed by atoms with van der Waals surface area (Å²) >= 11 is 6.04. The maximum Gasteiger partial charge on any atom is 0.446 e. The van der Waals surface area contributed by atoms with E-state index in [-0.39, 0.29) is 29.0 Å². The lowest BCUT2D eigenvalue weighted by molar-refractivity contribution is -0.0328. The molecule has 0 spiro atoms. The van der Waals surface area contributed by atoms with Gasteiger partial charge < -0.3 is 5.11 Å². The Balaban J connectivity index is 1.86. The Morgan fingerprint density at radius 3 is 2.44 bits per heavy atom. The third kappa shape index (κ3) is 3.92. The number of rotatable bonds is 3. The molecule has 0 atom stereocenters. The molecular formula is C18H12ClF3O2S. The van der Waals surface area contributed by atoms with Gasteiger partial charge in [0, 0.05) is 22.5 Å². The predicted molar refractivity (Wildman–Crippen MR) is 91.7 cm³/mol. The second-order valence-corrected chi connectivity index (χ2v) is 7.03. The van der Waals surface area contributed by atoms with Gasteiger partial charge in [-0.3, -0.25) is 4.79 Å². The van der Waals surface area contributed by atoms with Crippen LogP contribution in [0, 0.1) is 0 Å². The van der Waals surface area contributed by atoms with Crippen molar-refractivity contribution in [3.8, 4) is 0 Å². The van der Waals surface area contributed by atoms with Crippen LogP contribution < -0.4 is 0 Å². The second-order valence-electron chi connectivity index (χ2n) is 5.52. The molecule has 0 bridgehead atoms. The largest absolute Gasteiger partial charge is 0.446 e.